The molecule has 2 aromatic rings. The van der Waals surface area contributed by atoms with Crippen LogP contribution >= 0.6 is 0 Å². The van der Waals surface area contributed by atoms with Crippen LogP contribution in [0.3, 0.4) is 0 Å². The lowest BCUT2D eigenvalue weighted by molar-refractivity contribution is -0.218. The minimum Gasteiger partial charge on any atom is -0.493 e. The monoisotopic (exact) mass is 526 g/mol. The van der Waals surface area contributed by atoms with E-state index in [0.717, 1.165) is 29.7 Å². The largest absolute Gasteiger partial charge is 0.493 e. The number of nitrogens with zero attached hydrogens (tertiary/aromatic N) is 2. The van der Waals surface area contributed by atoms with Gasteiger partial charge in [0.15, 0.2) is 11.5 Å². The van der Waals surface area contributed by atoms with Gasteiger partial charge in [-0.05, 0) is 56.5 Å². The van der Waals surface area contributed by atoms with Crippen LogP contribution in [0.5, 0.6) is 11.5 Å². The number of hydrogen-bond donors (Lipinski definition) is 0. The number of carbonyl (C=O) groups excluding carboxylic acids is 1. The molecule has 6 rings (SSSR count). The van der Waals surface area contributed by atoms with Crippen molar-refractivity contribution in [3.63, 3.8) is 0 Å². The van der Waals surface area contributed by atoms with E-state index in [4.69, 9.17) is 14.2 Å². The van der Waals surface area contributed by atoms with E-state index in [0.29, 0.717) is 30.8 Å². The van der Waals surface area contributed by atoms with Gasteiger partial charge in [-0.2, -0.15) is 4.31 Å². The number of methoxy groups -OCH3 is 1. The van der Waals surface area contributed by atoms with Crippen molar-refractivity contribution in [2.75, 3.05) is 27.7 Å². The Morgan fingerprint density at radius 1 is 1.19 bits per heavy atom. The molecule has 0 amide bonds. The molecule has 0 unspecified atom stereocenters. The molecule has 1 saturated carbocycles. The van der Waals surface area contributed by atoms with Crippen LogP contribution in [0.1, 0.15) is 42.9 Å². The van der Waals surface area contributed by atoms with Gasteiger partial charge in [0.25, 0.3) is 0 Å². The topological polar surface area (TPSA) is 85.4 Å². The van der Waals surface area contributed by atoms with E-state index in [1.165, 1.54) is 11.2 Å². The van der Waals surface area contributed by atoms with Crippen molar-refractivity contribution in [1.82, 2.24) is 9.21 Å². The van der Waals surface area contributed by atoms with Crippen LogP contribution in [0, 0.1) is 0 Å². The fraction of sp³-hybridized carbons (Fsp3) is 0.536. The number of likely N-dealkylation sites (N-methyl/N-ethyl adjacent to an activating group) is 2. The molecule has 2 heterocycles. The Balaban J connectivity index is 1.50. The molecule has 5 atom stereocenters. The van der Waals surface area contributed by atoms with Crippen LogP contribution in [-0.2, 0) is 37.1 Å². The Bertz CT molecular complexity index is 1350. The van der Waals surface area contributed by atoms with E-state index in [1.807, 2.05) is 36.4 Å². The lowest BCUT2D eigenvalue weighted by atomic mass is 9.48. The number of esters is 1. The van der Waals surface area contributed by atoms with E-state index in [1.54, 1.807) is 14.2 Å². The molecule has 2 aliphatic heterocycles. The molecule has 8 nitrogen and oxygen atoms in total. The van der Waals surface area contributed by atoms with Gasteiger partial charge in [0.1, 0.15) is 11.7 Å². The molecule has 4 aliphatic rings. The molecule has 1 spiro atoms. The molecule has 2 aromatic carbocycles. The summed E-state index contributed by atoms with van der Waals surface area (Å²) in [6, 6.07) is 12.8. The SMILES string of the molecule is COc1ccc2c3c1O[C@H]1[C@@H](N(C)S(=O)(=O)Cc4ccccc4)CC[C@@]4(OC(C)=O)[C@@H](C2)N(C)CC[C@]314. The average Bonchev–Trinajstić information content (AvgIpc) is 3.21. The van der Waals surface area contributed by atoms with Crippen LogP contribution < -0.4 is 9.47 Å². The van der Waals surface area contributed by atoms with E-state index in [-0.39, 0.29) is 17.8 Å². The Morgan fingerprint density at radius 2 is 1.95 bits per heavy atom. The fourth-order valence-corrected chi connectivity index (χ4v) is 9.22. The minimum atomic E-state index is -3.64. The van der Waals surface area contributed by atoms with Gasteiger partial charge >= 0.3 is 5.97 Å². The van der Waals surface area contributed by atoms with Crippen molar-refractivity contribution in [2.45, 2.75) is 67.6 Å². The molecule has 198 valence electrons. The van der Waals surface area contributed by atoms with E-state index in [2.05, 4.69) is 18.0 Å². The summed E-state index contributed by atoms with van der Waals surface area (Å²) in [5.74, 6) is 0.903. The molecule has 2 aliphatic carbocycles. The highest BCUT2D eigenvalue weighted by molar-refractivity contribution is 7.88. The van der Waals surface area contributed by atoms with Crippen LogP contribution in [0.2, 0.25) is 0 Å². The second-order valence-corrected chi connectivity index (χ2v) is 13.0. The van der Waals surface area contributed by atoms with Gasteiger partial charge in [-0.1, -0.05) is 36.4 Å². The number of hydrogen-bond acceptors (Lipinski definition) is 7. The van der Waals surface area contributed by atoms with Crippen LogP contribution in [-0.4, -0.2) is 75.1 Å². The zero-order chi connectivity index (χ0) is 26.2. The van der Waals surface area contributed by atoms with E-state index >= 15 is 0 Å². The number of sulfonamides is 1. The molecule has 2 bridgehead atoms. The van der Waals surface area contributed by atoms with Crippen LogP contribution in [0.15, 0.2) is 42.5 Å². The minimum absolute atomic E-state index is 0.0183. The molecule has 2 fully saturated rings. The van der Waals surface area contributed by atoms with Gasteiger partial charge in [0, 0.05) is 19.5 Å². The Morgan fingerprint density at radius 3 is 2.65 bits per heavy atom. The summed E-state index contributed by atoms with van der Waals surface area (Å²) in [6.45, 7) is 2.27. The molecular formula is C28H34N2O6S. The third kappa shape index (κ3) is 3.33. The summed E-state index contributed by atoms with van der Waals surface area (Å²) in [4.78, 5) is 14.9. The van der Waals surface area contributed by atoms with Gasteiger partial charge in [-0.3, -0.25) is 9.69 Å². The lowest BCUT2D eigenvalue weighted by Crippen LogP contribution is -2.78. The Hall–Kier alpha value is -2.62. The third-order valence-electron chi connectivity index (χ3n) is 9.29. The van der Waals surface area contributed by atoms with Crippen molar-refractivity contribution in [3.8, 4) is 11.5 Å². The summed E-state index contributed by atoms with van der Waals surface area (Å²) in [5.41, 5.74) is 1.48. The molecule has 1 saturated heterocycles. The van der Waals surface area contributed by atoms with Crippen molar-refractivity contribution in [1.29, 1.82) is 0 Å². The van der Waals surface area contributed by atoms with Crippen molar-refractivity contribution < 1.29 is 27.4 Å². The van der Waals surface area contributed by atoms with E-state index in [9.17, 15) is 13.2 Å². The average molecular weight is 527 g/mol. The molecule has 0 radical (unpaired) electrons. The summed E-state index contributed by atoms with van der Waals surface area (Å²) < 4.78 is 47.7. The fourth-order valence-electron chi connectivity index (χ4n) is 7.78. The number of benzene rings is 2. The van der Waals surface area contributed by atoms with Gasteiger partial charge in [0.05, 0.1) is 30.4 Å². The van der Waals surface area contributed by atoms with Gasteiger partial charge in [-0.25, -0.2) is 8.42 Å². The maximum Gasteiger partial charge on any atom is 0.303 e. The normalized spacial score (nSPS) is 32.0. The highest BCUT2D eigenvalue weighted by Crippen LogP contribution is 2.67. The summed E-state index contributed by atoms with van der Waals surface area (Å²) in [6.07, 6.45) is 2.03. The predicted octanol–water partition coefficient (Wildman–Crippen LogP) is 2.88. The van der Waals surface area contributed by atoms with Gasteiger partial charge in [-0.15, -0.1) is 0 Å². The summed E-state index contributed by atoms with van der Waals surface area (Å²) >= 11 is 0. The maximum absolute atomic E-state index is 13.7. The first-order valence-corrected chi connectivity index (χ1v) is 14.5. The van der Waals surface area contributed by atoms with Crippen LogP contribution in [0.25, 0.3) is 0 Å². The quantitative estimate of drug-likeness (QED) is 0.535. The molecule has 0 aromatic heterocycles. The van der Waals surface area contributed by atoms with Crippen molar-refractivity contribution in [3.05, 3.63) is 59.2 Å². The zero-order valence-corrected chi connectivity index (χ0v) is 22.6. The predicted molar refractivity (Wildman–Crippen MR) is 138 cm³/mol. The zero-order valence-electron chi connectivity index (χ0n) is 21.8. The number of carbonyl (C=O) groups is 1. The van der Waals surface area contributed by atoms with Crippen LogP contribution in [0.4, 0.5) is 0 Å². The standard InChI is InChI=1S/C28H34N2O6S/c1-18(31)36-28-13-12-21(30(3)37(32,33)17-19-8-6-5-7-9-19)26-27(28)14-15-29(2)23(28)16-20-10-11-22(34-4)25(35-26)24(20)27/h5-11,21,23,26H,12-17H2,1-4H3/t21-,23+,26-,27-,28+/m0/s1. The first-order valence-electron chi connectivity index (χ1n) is 12.9. The molecule has 37 heavy (non-hydrogen) atoms. The lowest BCUT2D eigenvalue weighted by Gasteiger charge is -2.65. The second kappa shape index (κ2) is 8.44. The highest BCUT2D eigenvalue weighted by Gasteiger charge is 2.75. The molecule has 0 N–H and O–H groups in total. The first-order chi connectivity index (χ1) is 17.6. The van der Waals surface area contributed by atoms with Gasteiger partial charge in [0.2, 0.25) is 10.0 Å². The maximum atomic E-state index is 13.7. The number of piperidine rings is 1. The smallest absolute Gasteiger partial charge is 0.303 e. The van der Waals surface area contributed by atoms with Crippen molar-refractivity contribution in [2.24, 2.45) is 0 Å². The second-order valence-electron chi connectivity index (χ2n) is 10.9. The first kappa shape index (κ1) is 24.7. The summed E-state index contributed by atoms with van der Waals surface area (Å²) in [5, 5.41) is 0. The Labute approximate surface area is 218 Å². The molecular weight excluding hydrogens is 492 g/mol. The Kier molecular flexibility index (Phi) is 5.64. The molecule has 9 heteroatoms. The number of rotatable bonds is 6. The third-order valence-corrected chi connectivity index (χ3v) is 11.1. The van der Waals surface area contributed by atoms with Crippen molar-refractivity contribution >= 4 is 16.0 Å². The van der Waals surface area contributed by atoms with E-state index < -0.39 is 33.2 Å². The number of ether oxygens (including phenoxy) is 3. The van der Waals surface area contributed by atoms with Gasteiger partial charge < -0.3 is 14.2 Å². The summed E-state index contributed by atoms with van der Waals surface area (Å²) in [7, 11) is 1.73. The highest BCUT2D eigenvalue weighted by atomic mass is 32.2. The number of likely N-dealkylation sites (tertiary alicyclic amines) is 1.